The second-order valence-corrected chi connectivity index (χ2v) is 12.8. The molecular formula is C27H25F5N8O3S. The lowest BCUT2D eigenvalue weighted by Crippen LogP contribution is -2.48. The van der Waals surface area contributed by atoms with Gasteiger partial charge in [-0.1, -0.05) is 25.5 Å². The molecule has 11 nitrogen and oxygen atoms in total. The van der Waals surface area contributed by atoms with Crippen molar-refractivity contribution in [1.29, 1.82) is 0 Å². The molecule has 1 saturated heterocycles. The van der Waals surface area contributed by atoms with Crippen molar-refractivity contribution in [2.75, 3.05) is 36.4 Å². The molecule has 0 aliphatic carbocycles. The van der Waals surface area contributed by atoms with Crippen LogP contribution in [0.3, 0.4) is 0 Å². The fraction of sp³-hybridized carbons (Fsp3) is 0.185. The monoisotopic (exact) mass is 636 g/mol. The molecule has 1 fully saturated rings. The van der Waals surface area contributed by atoms with Crippen LogP contribution in [0, 0.1) is 6.92 Å². The number of hydrogen-bond acceptors (Lipinski definition) is 5. The number of H-pyrrole nitrogens is 1. The van der Waals surface area contributed by atoms with E-state index < -0.39 is 32.7 Å². The van der Waals surface area contributed by atoms with Gasteiger partial charge in [0.15, 0.2) is 0 Å². The number of halogens is 5. The molecule has 4 heterocycles. The second kappa shape index (κ2) is 9.47. The summed E-state index contributed by atoms with van der Waals surface area (Å²) < 4.78 is 73.2. The van der Waals surface area contributed by atoms with Gasteiger partial charge in [-0.2, -0.15) is 10.2 Å². The predicted octanol–water partition coefficient (Wildman–Crippen LogP) is 6.53. The van der Waals surface area contributed by atoms with Crippen LogP contribution >= 0.6 is 10.2 Å². The number of imidazole rings is 1. The zero-order valence-electron chi connectivity index (χ0n) is 22.9. The average Bonchev–Trinajstić information content (AvgIpc) is 3.71. The van der Waals surface area contributed by atoms with E-state index in [1.165, 1.54) is 4.90 Å². The molecular weight excluding hydrogens is 611 g/mol. The number of aromatic nitrogens is 5. The number of hydrogen-bond donors (Lipinski definition) is 3. The summed E-state index contributed by atoms with van der Waals surface area (Å²) in [4.78, 5) is 24.7. The van der Waals surface area contributed by atoms with Crippen LogP contribution in [0.2, 0.25) is 0 Å². The number of benzene rings is 2. The minimum Gasteiger partial charge on any atom is -0.465 e. The molecule has 2 aromatic carbocycles. The van der Waals surface area contributed by atoms with Gasteiger partial charge in [-0.05, 0) is 42.8 Å². The molecule has 0 spiro atoms. The van der Waals surface area contributed by atoms with Gasteiger partial charge >= 0.3 is 16.3 Å². The Bertz CT molecular complexity index is 1920. The number of piperazine rings is 1. The highest BCUT2D eigenvalue weighted by atomic mass is 32.5. The highest BCUT2D eigenvalue weighted by molar-refractivity contribution is 8.45. The van der Waals surface area contributed by atoms with Gasteiger partial charge < -0.3 is 20.2 Å². The maximum Gasteiger partial charge on any atom is 0.407 e. The number of aryl methyl sites for hydroxylation is 1. The first-order chi connectivity index (χ1) is 20.6. The van der Waals surface area contributed by atoms with E-state index in [2.05, 4.69) is 20.6 Å². The van der Waals surface area contributed by atoms with Crippen LogP contribution < -0.4 is 10.2 Å². The molecule has 17 heteroatoms. The zero-order valence-corrected chi connectivity index (χ0v) is 23.7. The summed E-state index contributed by atoms with van der Waals surface area (Å²) in [5.74, 6) is -1.03. The van der Waals surface area contributed by atoms with Gasteiger partial charge in [0, 0.05) is 73.3 Å². The Morgan fingerprint density at radius 2 is 1.73 bits per heavy atom. The minimum atomic E-state index is -10.2. The van der Waals surface area contributed by atoms with Crippen molar-refractivity contribution in [2.45, 2.75) is 11.8 Å². The first kappa shape index (κ1) is 29.0. The number of amides is 2. The zero-order chi connectivity index (χ0) is 31.5. The van der Waals surface area contributed by atoms with E-state index in [-0.39, 0.29) is 43.6 Å². The number of rotatable bonds is 6. The van der Waals surface area contributed by atoms with Crippen molar-refractivity contribution in [3.63, 3.8) is 0 Å². The van der Waals surface area contributed by atoms with Crippen molar-refractivity contribution in [3.05, 3.63) is 78.4 Å². The summed E-state index contributed by atoms with van der Waals surface area (Å²) in [7, 11) is -10.2. The number of nitrogens with zero attached hydrogens (tertiary/aromatic N) is 6. The smallest absolute Gasteiger partial charge is 0.407 e. The molecule has 5 aromatic rings. The fourth-order valence-electron chi connectivity index (χ4n) is 5.04. The Balaban J connectivity index is 1.32. The predicted molar refractivity (Wildman–Crippen MR) is 154 cm³/mol. The Morgan fingerprint density at radius 1 is 0.977 bits per heavy atom. The van der Waals surface area contributed by atoms with Crippen LogP contribution in [0.15, 0.2) is 72.1 Å². The second-order valence-electron chi connectivity index (χ2n) is 10.4. The normalized spacial score (nSPS) is 15.7. The van der Waals surface area contributed by atoms with Gasteiger partial charge in [-0.15, -0.1) is 0 Å². The number of nitrogens with one attached hydrogen (secondary N) is 2. The third-order valence-electron chi connectivity index (χ3n) is 7.35. The minimum absolute atomic E-state index is 0.0410. The molecule has 0 saturated carbocycles. The van der Waals surface area contributed by atoms with E-state index >= 15 is 0 Å². The fourth-order valence-corrected chi connectivity index (χ4v) is 5.73. The number of aromatic amines is 1. The van der Waals surface area contributed by atoms with Crippen molar-refractivity contribution in [3.8, 4) is 16.9 Å². The molecule has 0 unspecified atom stereocenters. The number of anilines is 2. The van der Waals surface area contributed by atoms with Gasteiger partial charge in [-0.25, -0.2) is 9.31 Å². The molecule has 1 aliphatic rings. The summed E-state index contributed by atoms with van der Waals surface area (Å²) in [6.07, 6.45) is 5.60. The first-order valence-corrected chi connectivity index (χ1v) is 15.1. The lowest BCUT2D eigenvalue weighted by Gasteiger charge is -2.42. The largest absolute Gasteiger partial charge is 0.465 e. The summed E-state index contributed by atoms with van der Waals surface area (Å²) in [6.45, 7) is 1.66. The van der Waals surface area contributed by atoms with Crippen LogP contribution in [0.5, 0.6) is 0 Å². The van der Waals surface area contributed by atoms with Gasteiger partial charge in [0.2, 0.25) is 0 Å². The van der Waals surface area contributed by atoms with Gasteiger partial charge in [0.05, 0.1) is 17.6 Å². The van der Waals surface area contributed by atoms with Gasteiger partial charge in [-0.3, -0.25) is 14.5 Å². The third kappa shape index (κ3) is 5.64. The molecule has 2 amide bonds. The lowest BCUT2D eigenvalue weighted by atomic mass is 10.1. The molecule has 1 aliphatic heterocycles. The molecule has 3 N–H and O–H groups in total. The molecule has 0 radical (unpaired) electrons. The number of fused-ring (bicyclic) bond motifs is 1. The number of carbonyl (C=O) groups is 2. The highest BCUT2D eigenvalue weighted by Gasteiger charge is 2.65. The highest BCUT2D eigenvalue weighted by Crippen LogP contribution is 3.02. The van der Waals surface area contributed by atoms with Crippen molar-refractivity contribution < 1.29 is 34.1 Å². The van der Waals surface area contributed by atoms with E-state index in [0.717, 1.165) is 22.1 Å². The van der Waals surface area contributed by atoms with Crippen LogP contribution in [-0.2, 0) is 0 Å². The molecule has 0 atom stereocenters. The Kier molecular flexibility index (Phi) is 6.25. The molecule has 3 aromatic heterocycles. The average molecular weight is 637 g/mol. The summed E-state index contributed by atoms with van der Waals surface area (Å²) >= 11 is 0. The van der Waals surface area contributed by atoms with Gasteiger partial charge in [0.25, 0.3) is 5.91 Å². The molecule has 44 heavy (non-hydrogen) atoms. The lowest BCUT2D eigenvalue weighted by molar-refractivity contribution is 0.102. The third-order valence-corrected chi connectivity index (χ3v) is 8.48. The maximum absolute atomic E-state index is 14.0. The number of carboxylic acid groups (broad SMARTS) is 1. The topological polar surface area (TPSA) is 124 Å². The van der Waals surface area contributed by atoms with Crippen LogP contribution in [0.1, 0.15) is 15.9 Å². The Morgan fingerprint density at radius 3 is 2.39 bits per heavy atom. The summed E-state index contributed by atoms with van der Waals surface area (Å²) in [5, 5.41) is 22.9. The first-order valence-electron chi connectivity index (χ1n) is 13.2. The van der Waals surface area contributed by atoms with Crippen molar-refractivity contribution in [2.24, 2.45) is 0 Å². The van der Waals surface area contributed by atoms with E-state index in [0.29, 0.717) is 23.1 Å². The van der Waals surface area contributed by atoms with Crippen LogP contribution in [-0.4, -0.2) is 72.6 Å². The van der Waals surface area contributed by atoms with E-state index in [4.69, 9.17) is 5.11 Å². The standard InChI is InChI=1S/C27H25F5N8O3S/c1-17-2-3-20(12-24(17)39-8-9-40-25(39)14-23(36-40)19-15-33-34-16-19)35-26(41)18-10-21(13-22(11-18)44(28,29,30,31)32)37-4-6-38(7-5-37)27(42)43/h2-3,8-16H,4-7H2,1H3,(H,33,34)(H,35,41)(H,42,43). The summed E-state index contributed by atoms with van der Waals surface area (Å²) in [6, 6.07) is 8.23. The van der Waals surface area contributed by atoms with Crippen LogP contribution in [0.25, 0.3) is 22.6 Å². The Hall–Kier alpha value is -5.06. The van der Waals surface area contributed by atoms with E-state index in [1.54, 1.807) is 47.5 Å². The van der Waals surface area contributed by atoms with Crippen molar-refractivity contribution in [1.82, 2.24) is 29.3 Å². The quantitative estimate of drug-likeness (QED) is 0.182. The number of carbonyl (C=O) groups excluding carboxylic acids is 1. The van der Waals surface area contributed by atoms with E-state index in [1.807, 2.05) is 17.6 Å². The van der Waals surface area contributed by atoms with E-state index in [9.17, 15) is 29.0 Å². The maximum atomic E-state index is 14.0. The van der Waals surface area contributed by atoms with Gasteiger partial charge in [0.1, 0.15) is 10.5 Å². The molecule has 6 rings (SSSR count). The molecule has 0 bridgehead atoms. The van der Waals surface area contributed by atoms with Crippen LogP contribution in [0.4, 0.5) is 35.6 Å². The van der Waals surface area contributed by atoms with Crippen molar-refractivity contribution >= 4 is 39.2 Å². The molecule has 232 valence electrons. The summed E-state index contributed by atoms with van der Waals surface area (Å²) in [5.41, 5.74) is 2.88. The Labute approximate surface area is 246 Å². The SMILES string of the molecule is Cc1ccc(NC(=O)c2cc(N3CCN(C(=O)O)CC3)cc(S(F)(F)(F)(F)F)c2)cc1-n1ccn2nc(-c3cn[nH]c3)cc12.